The van der Waals surface area contributed by atoms with Crippen LogP contribution in [0.1, 0.15) is 48.5 Å². The van der Waals surface area contributed by atoms with Crippen molar-refractivity contribution >= 4 is 0 Å². The molecule has 0 aromatic rings. The van der Waals surface area contributed by atoms with Crippen LogP contribution in [0.25, 0.3) is 0 Å². The molecular weight excluding hydrogens is 159 g/mol. The van der Waals surface area contributed by atoms with Gasteiger partial charge in [-0.15, -0.1) is 0 Å². The Kier molecular flexibility index (Phi) is 47.1. The minimum Gasteiger partial charge on any atom is -0.346 e. The van der Waals surface area contributed by atoms with Gasteiger partial charge in [0.2, 0.25) is 0 Å². The average Bonchev–Trinajstić information content (AvgIpc) is 1.66. The molecule has 0 spiro atoms. The van der Waals surface area contributed by atoms with Crippen LogP contribution in [0.5, 0.6) is 0 Å². The van der Waals surface area contributed by atoms with Gasteiger partial charge in [0.05, 0.1) is 0 Å². The van der Waals surface area contributed by atoms with Crippen molar-refractivity contribution in [2.45, 2.75) is 48.5 Å². The molecule has 0 aromatic heterocycles. The van der Waals surface area contributed by atoms with E-state index in [4.69, 9.17) is 0 Å². The van der Waals surface area contributed by atoms with Gasteiger partial charge in [-0.3, -0.25) is 0 Å². The van der Waals surface area contributed by atoms with Gasteiger partial charge in [0.1, 0.15) is 0 Å². The molecule has 0 bridgehead atoms. The quantitative estimate of drug-likeness (QED) is 0.389. The Hall–Kier alpha value is 1.64. The monoisotopic (exact) mass is 182 g/mol. The van der Waals surface area contributed by atoms with Crippen LogP contribution in [-0.2, 0) is 0 Å². The first kappa shape index (κ1) is 22.9. The second kappa shape index (κ2) is 22.6. The molecule has 0 rings (SSSR count). The molecule has 0 aliphatic heterocycles. The second-order valence-corrected chi connectivity index (χ2v) is 3.00. The first-order chi connectivity index (χ1) is 4.46. The molecule has 0 N–H and O–H groups in total. The Morgan fingerprint density at radius 1 is 0.636 bits per heavy atom. The third-order valence-corrected chi connectivity index (χ3v) is 0. The van der Waals surface area contributed by atoms with Crippen molar-refractivity contribution in [2.75, 3.05) is 0 Å². The molecule has 0 radical (unpaired) electrons. The van der Waals surface area contributed by atoms with Crippen molar-refractivity contribution in [3.8, 4) is 0 Å². The molecule has 0 amide bonds. The van der Waals surface area contributed by atoms with E-state index in [1.807, 2.05) is 0 Å². The SMILES string of the molecule is C[C-](C)C.C[C-](C)C.[CH2-]C.[K+]. The zero-order valence-electron chi connectivity index (χ0n) is 9.71. The third kappa shape index (κ3) is 404. The van der Waals surface area contributed by atoms with Gasteiger partial charge in [-0.1, -0.05) is 0 Å². The summed E-state index contributed by atoms with van der Waals surface area (Å²) in [4.78, 5) is 0. The molecule has 0 saturated heterocycles. The zero-order chi connectivity index (χ0) is 9.15. The summed E-state index contributed by atoms with van der Waals surface area (Å²) in [6.45, 7) is 17.5. The summed E-state index contributed by atoms with van der Waals surface area (Å²) >= 11 is 0. The average molecular weight is 182 g/mol. The molecule has 0 fully saturated rings. The van der Waals surface area contributed by atoms with Crippen molar-refractivity contribution in [1.82, 2.24) is 0 Å². The summed E-state index contributed by atoms with van der Waals surface area (Å²) in [7, 11) is 0. The maximum atomic E-state index is 3.25. The number of hydrogen-bond acceptors (Lipinski definition) is 0. The van der Waals surface area contributed by atoms with Gasteiger partial charge in [0.15, 0.2) is 0 Å². The maximum Gasteiger partial charge on any atom is 1.00 e. The Morgan fingerprint density at radius 3 is 0.636 bits per heavy atom. The minimum atomic E-state index is 0. The van der Waals surface area contributed by atoms with Crippen molar-refractivity contribution in [3.63, 3.8) is 0 Å². The van der Waals surface area contributed by atoms with Crippen LogP contribution >= 0.6 is 0 Å². The predicted octanol–water partition coefficient (Wildman–Crippen LogP) is 1.09. The van der Waals surface area contributed by atoms with Gasteiger partial charge >= 0.3 is 51.4 Å². The molecule has 0 aliphatic rings. The van der Waals surface area contributed by atoms with E-state index in [1.165, 1.54) is 11.8 Å². The second-order valence-electron chi connectivity index (χ2n) is 3.00. The van der Waals surface area contributed by atoms with E-state index in [0.29, 0.717) is 0 Å². The molecule has 0 heterocycles. The van der Waals surface area contributed by atoms with Crippen LogP contribution in [-0.4, -0.2) is 0 Å². The van der Waals surface area contributed by atoms with E-state index < -0.39 is 0 Å². The van der Waals surface area contributed by atoms with Crippen molar-refractivity contribution in [1.29, 1.82) is 0 Å². The van der Waals surface area contributed by atoms with Crippen LogP contribution in [0.15, 0.2) is 0 Å². The fourth-order valence-corrected chi connectivity index (χ4v) is 0. The summed E-state index contributed by atoms with van der Waals surface area (Å²) in [6, 6.07) is 0. The van der Waals surface area contributed by atoms with Gasteiger partial charge in [-0.2, -0.15) is 48.5 Å². The Bertz CT molecular complexity index is 20.3. The zero-order valence-corrected chi connectivity index (χ0v) is 12.8. The summed E-state index contributed by atoms with van der Waals surface area (Å²) in [5.41, 5.74) is 0. The summed E-state index contributed by atoms with van der Waals surface area (Å²) < 4.78 is 0. The number of hydrogen-bond donors (Lipinski definition) is 0. The Labute approximate surface area is 117 Å². The topological polar surface area (TPSA) is 0 Å². The van der Waals surface area contributed by atoms with Crippen molar-refractivity contribution < 1.29 is 51.4 Å². The van der Waals surface area contributed by atoms with Crippen molar-refractivity contribution in [2.24, 2.45) is 0 Å². The van der Waals surface area contributed by atoms with Gasteiger partial charge < -0.3 is 18.8 Å². The van der Waals surface area contributed by atoms with E-state index in [0.717, 1.165) is 0 Å². The molecule has 0 aliphatic carbocycles. The largest absolute Gasteiger partial charge is 1.00 e. The normalized spacial score (nSPS) is 7.09. The van der Waals surface area contributed by atoms with Crippen LogP contribution in [0.4, 0.5) is 0 Å². The van der Waals surface area contributed by atoms with Gasteiger partial charge in [0.25, 0.3) is 0 Å². The molecule has 0 aromatic carbocycles. The fraction of sp³-hybridized carbons (Fsp3) is 0.700. The van der Waals surface area contributed by atoms with Crippen LogP contribution in [0.2, 0.25) is 0 Å². The summed E-state index contributed by atoms with van der Waals surface area (Å²) in [5, 5.41) is 0. The number of rotatable bonds is 0. The fourth-order valence-electron chi connectivity index (χ4n) is 0. The predicted molar refractivity (Wildman–Crippen MR) is 51.6 cm³/mol. The van der Waals surface area contributed by atoms with E-state index >= 15 is 0 Å². The van der Waals surface area contributed by atoms with Gasteiger partial charge in [-0.25, -0.2) is 0 Å². The van der Waals surface area contributed by atoms with Crippen LogP contribution in [0.3, 0.4) is 0 Å². The maximum absolute atomic E-state index is 3.25. The van der Waals surface area contributed by atoms with E-state index in [9.17, 15) is 0 Å². The Morgan fingerprint density at radius 2 is 0.636 bits per heavy atom. The van der Waals surface area contributed by atoms with E-state index in [1.54, 1.807) is 6.92 Å². The molecule has 0 atom stereocenters. The first-order valence-corrected chi connectivity index (χ1v) is 3.71. The molecule has 0 saturated carbocycles. The molecule has 66 valence electrons. The summed E-state index contributed by atoms with van der Waals surface area (Å²) in [5.74, 6) is 2.83. The third-order valence-electron chi connectivity index (χ3n) is 0. The standard InChI is InChI=1S/2C4H9.C2H5.K/c2*1-4(2)3;1-2;/h2*1-3H3;1H2,2H3;/q3*-1;+1. The van der Waals surface area contributed by atoms with Crippen LogP contribution < -0.4 is 51.4 Å². The molecule has 11 heavy (non-hydrogen) atoms. The molecular formula is C10H23K-2. The van der Waals surface area contributed by atoms with E-state index in [2.05, 4.69) is 48.5 Å². The Balaban J connectivity index is -0.0000000339. The molecule has 0 unspecified atom stereocenters. The molecule has 0 nitrogen and oxygen atoms in total. The molecule has 1 heteroatoms. The van der Waals surface area contributed by atoms with Crippen LogP contribution in [0, 0.1) is 18.8 Å². The van der Waals surface area contributed by atoms with Crippen molar-refractivity contribution in [3.05, 3.63) is 18.8 Å². The first-order valence-electron chi connectivity index (χ1n) is 3.71. The van der Waals surface area contributed by atoms with Gasteiger partial charge in [0, 0.05) is 0 Å². The smallest absolute Gasteiger partial charge is 0.346 e. The minimum absolute atomic E-state index is 0. The van der Waals surface area contributed by atoms with E-state index in [-0.39, 0.29) is 51.4 Å². The van der Waals surface area contributed by atoms with Gasteiger partial charge in [-0.05, 0) is 0 Å². The summed E-state index contributed by atoms with van der Waals surface area (Å²) in [6.07, 6.45) is 0.